The van der Waals surface area contributed by atoms with E-state index in [1.54, 1.807) is 0 Å². The van der Waals surface area contributed by atoms with Crippen molar-refractivity contribution in [2.45, 2.75) is 31.4 Å². The summed E-state index contributed by atoms with van der Waals surface area (Å²) in [6.45, 7) is 7.36. The summed E-state index contributed by atoms with van der Waals surface area (Å²) in [4.78, 5) is 2.48. The lowest BCUT2D eigenvalue weighted by Crippen LogP contribution is -2.59. The standard InChI is InChI=1S/C11H22N2O2/c1-2-10-7-13(4-6-15-10)11(8-12)3-5-14-9-11/h10H,2-9,12H2,1H3. The van der Waals surface area contributed by atoms with Crippen LogP contribution in [0.2, 0.25) is 0 Å². The third-order valence-electron chi connectivity index (χ3n) is 3.73. The Balaban J connectivity index is 2.01. The van der Waals surface area contributed by atoms with Crippen LogP contribution in [0.1, 0.15) is 19.8 Å². The number of hydrogen-bond donors (Lipinski definition) is 1. The molecule has 0 spiro atoms. The van der Waals surface area contributed by atoms with E-state index in [0.29, 0.717) is 12.6 Å². The van der Waals surface area contributed by atoms with Gasteiger partial charge in [0.05, 0.1) is 24.9 Å². The predicted molar refractivity (Wildman–Crippen MR) is 58.8 cm³/mol. The summed E-state index contributed by atoms with van der Waals surface area (Å²) in [5.41, 5.74) is 6.02. The van der Waals surface area contributed by atoms with Crippen molar-refractivity contribution >= 4 is 0 Å². The minimum absolute atomic E-state index is 0.0944. The Kier molecular flexibility index (Phi) is 3.61. The molecule has 2 aliphatic rings. The highest BCUT2D eigenvalue weighted by molar-refractivity contribution is 4.96. The van der Waals surface area contributed by atoms with Crippen LogP contribution in [-0.2, 0) is 9.47 Å². The second-order valence-electron chi connectivity index (χ2n) is 4.58. The van der Waals surface area contributed by atoms with Crippen molar-refractivity contribution in [3.8, 4) is 0 Å². The largest absolute Gasteiger partial charge is 0.379 e. The van der Waals surface area contributed by atoms with E-state index in [1.165, 1.54) is 0 Å². The number of rotatable bonds is 3. The van der Waals surface area contributed by atoms with Gasteiger partial charge in [-0.15, -0.1) is 0 Å². The molecule has 2 atom stereocenters. The lowest BCUT2D eigenvalue weighted by Gasteiger charge is -2.44. The van der Waals surface area contributed by atoms with Gasteiger partial charge in [0.1, 0.15) is 0 Å². The van der Waals surface area contributed by atoms with E-state index in [-0.39, 0.29) is 5.54 Å². The van der Waals surface area contributed by atoms with Gasteiger partial charge in [-0.2, -0.15) is 0 Å². The zero-order valence-corrected chi connectivity index (χ0v) is 9.58. The van der Waals surface area contributed by atoms with Crippen molar-refractivity contribution in [1.29, 1.82) is 0 Å². The molecule has 2 rings (SSSR count). The van der Waals surface area contributed by atoms with Crippen LogP contribution >= 0.6 is 0 Å². The summed E-state index contributed by atoms with van der Waals surface area (Å²) in [5.74, 6) is 0. The van der Waals surface area contributed by atoms with Crippen molar-refractivity contribution in [2.75, 3.05) is 39.5 Å². The van der Waals surface area contributed by atoms with Gasteiger partial charge in [0, 0.05) is 26.2 Å². The molecule has 2 fully saturated rings. The molecule has 0 aromatic rings. The summed E-state index contributed by atoms with van der Waals surface area (Å²) >= 11 is 0. The second kappa shape index (κ2) is 4.78. The number of morpholine rings is 1. The van der Waals surface area contributed by atoms with Gasteiger partial charge < -0.3 is 15.2 Å². The first-order chi connectivity index (χ1) is 7.30. The molecule has 0 aromatic carbocycles. The molecule has 2 unspecified atom stereocenters. The van der Waals surface area contributed by atoms with E-state index in [4.69, 9.17) is 15.2 Å². The fraction of sp³-hybridized carbons (Fsp3) is 1.00. The van der Waals surface area contributed by atoms with Gasteiger partial charge in [-0.1, -0.05) is 6.92 Å². The molecule has 2 heterocycles. The molecular formula is C11H22N2O2. The predicted octanol–water partition coefficient (Wildman–Crippen LogP) is 0.215. The first-order valence-electron chi connectivity index (χ1n) is 5.95. The maximum atomic E-state index is 5.92. The van der Waals surface area contributed by atoms with Crippen molar-refractivity contribution in [2.24, 2.45) is 5.73 Å². The number of nitrogens with two attached hydrogens (primary N) is 1. The molecule has 88 valence electrons. The minimum Gasteiger partial charge on any atom is -0.379 e. The lowest BCUT2D eigenvalue weighted by molar-refractivity contribution is -0.0701. The highest BCUT2D eigenvalue weighted by atomic mass is 16.5. The molecule has 0 bridgehead atoms. The van der Waals surface area contributed by atoms with Gasteiger partial charge in [0.2, 0.25) is 0 Å². The zero-order chi connectivity index (χ0) is 10.7. The molecule has 4 heteroatoms. The first-order valence-corrected chi connectivity index (χ1v) is 5.95. The second-order valence-corrected chi connectivity index (χ2v) is 4.58. The summed E-state index contributed by atoms with van der Waals surface area (Å²) in [5, 5.41) is 0. The third kappa shape index (κ3) is 2.18. The van der Waals surface area contributed by atoms with Gasteiger partial charge in [-0.05, 0) is 12.8 Å². The molecule has 2 saturated heterocycles. The van der Waals surface area contributed by atoms with Crippen LogP contribution in [0.25, 0.3) is 0 Å². The van der Waals surface area contributed by atoms with E-state index >= 15 is 0 Å². The van der Waals surface area contributed by atoms with E-state index in [0.717, 1.165) is 45.8 Å². The van der Waals surface area contributed by atoms with Gasteiger partial charge in [-0.3, -0.25) is 4.90 Å². The molecule has 0 saturated carbocycles. The average molecular weight is 214 g/mol. The van der Waals surface area contributed by atoms with E-state index in [9.17, 15) is 0 Å². The topological polar surface area (TPSA) is 47.7 Å². The molecule has 0 aliphatic carbocycles. The Morgan fingerprint density at radius 2 is 2.33 bits per heavy atom. The first kappa shape index (κ1) is 11.3. The molecule has 0 radical (unpaired) electrons. The minimum atomic E-state index is 0.0944. The normalized spacial score (nSPS) is 38.4. The van der Waals surface area contributed by atoms with Crippen LogP contribution in [0.15, 0.2) is 0 Å². The number of hydrogen-bond acceptors (Lipinski definition) is 4. The smallest absolute Gasteiger partial charge is 0.0700 e. The van der Waals surface area contributed by atoms with Crippen LogP contribution in [0, 0.1) is 0 Å². The zero-order valence-electron chi connectivity index (χ0n) is 9.58. The number of nitrogens with zero attached hydrogens (tertiary/aromatic N) is 1. The van der Waals surface area contributed by atoms with Gasteiger partial charge in [0.15, 0.2) is 0 Å². The van der Waals surface area contributed by atoms with E-state index in [1.807, 2.05) is 0 Å². The van der Waals surface area contributed by atoms with E-state index in [2.05, 4.69) is 11.8 Å². The van der Waals surface area contributed by atoms with Crippen LogP contribution in [0.5, 0.6) is 0 Å². The Morgan fingerprint density at radius 3 is 2.93 bits per heavy atom. The Labute approximate surface area is 91.7 Å². The maximum absolute atomic E-state index is 5.92. The van der Waals surface area contributed by atoms with Gasteiger partial charge in [0.25, 0.3) is 0 Å². The monoisotopic (exact) mass is 214 g/mol. The Bertz CT molecular complexity index is 205. The lowest BCUT2D eigenvalue weighted by atomic mass is 9.95. The van der Waals surface area contributed by atoms with Crippen LogP contribution in [0.3, 0.4) is 0 Å². The van der Waals surface area contributed by atoms with Crippen molar-refractivity contribution < 1.29 is 9.47 Å². The average Bonchev–Trinajstić information content (AvgIpc) is 2.79. The van der Waals surface area contributed by atoms with E-state index < -0.39 is 0 Å². The molecular weight excluding hydrogens is 192 g/mol. The van der Waals surface area contributed by atoms with Crippen LogP contribution < -0.4 is 5.73 Å². The highest BCUT2D eigenvalue weighted by Crippen LogP contribution is 2.27. The fourth-order valence-corrected chi connectivity index (χ4v) is 2.53. The summed E-state index contributed by atoms with van der Waals surface area (Å²) in [6, 6.07) is 0. The Hall–Kier alpha value is -0.160. The quantitative estimate of drug-likeness (QED) is 0.730. The van der Waals surface area contributed by atoms with Gasteiger partial charge in [-0.25, -0.2) is 0 Å². The number of ether oxygens (including phenoxy) is 2. The summed E-state index contributed by atoms with van der Waals surface area (Å²) in [7, 11) is 0. The van der Waals surface area contributed by atoms with Gasteiger partial charge >= 0.3 is 0 Å². The van der Waals surface area contributed by atoms with Crippen LogP contribution in [0.4, 0.5) is 0 Å². The molecule has 0 amide bonds. The molecule has 15 heavy (non-hydrogen) atoms. The van der Waals surface area contributed by atoms with Crippen molar-refractivity contribution in [3.63, 3.8) is 0 Å². The molecule has 2 N–H and O–H groups in total. The highest BCUT2D eigenvalue weighted by Gasteiger charge is 2.41. The summed E-state index contributed by atoms with van der Waals surface area (Å²) < 4.78 is 11.2. The van der Waals surface area contributed by atoms with Crippen molar-refractivity contribution in [1.82, 2.24) is 4.90 Å². The third-order valence-corrected chi connectivity index (χ3v) is 3.73. The van der Waals surface area contributed by atoms with Crippen molar-refractivity contribution in [3.05, 3.63) is 0 Å². The fourth-order valence-electron chi connectivity index (χ4n) is 2.53. The summed E-state index contributed by atoms with van der Waals surface area (Å²) in [6.07, 6.45) is 2.53. The maximum Gasteiger partial charge on any atom is 0.0700 e. The SMILES string of the molecule is CCC1CN(C2(CN)CCOC2)CCO1. The van der Waals surface area contributed by atoms with Crippen LogP contribution in [-0.4, -0.2) is 56.0 Å². The molecule has 2 aliphatic heterocycles. The Morgan fingerprint density at radius 1 is 1.47 bits per heavy atom. The molecule has 4 nitrogen and oxygen atoms in total. The molecule has 0 aromatic heterocycles.